The van der Waals surface area contributed by atoms with Crippen molar-refractivity contribution in [1.29, 1.82) is 0 Å². The molecule has 4 heterocycles. The van der Waals surface area contributed by atoms with Gasteiger partial charge < -0.3 is 4.74 Å². The number of rotatable bonds is 8. The van der Waals surface area contributed by atoms with Crippen molar-refractivity contribution in [2.45, 2.75) is 64.5 Å². The molecule has 1 saturated heterocycles. The number of hydrogen-bond acceptors (Lipinski definition) is 9. The number of halogens is 3. The number of sulfonamides is 1. The highest BCUT2D eigenvalue weighted by molar-refractivity contribution is 7.89. The number of likely N-dealkylation sites (tertiary alicyclic amines) is 1. The molecule has 1 unspecified atom stereocenters. The van der Waals surface area contributed by atoms with Crippen LogP contribution >= 0.6 is 22.9 Å². The van der Waals surface area contributed by atoms with Gasteiger partial charge in [0.2, 0.25) is 10.0 Å². The van der Waals surface area contributed by atoms with Gasteiger partial charge in [0.1, 0.15) is 18.2 Å². The molecule has 250 valence electrons. The topological polar surface area (TPSA) is 123 Å². The lowest BCUT2D eigenvalue weighted by molar-refractivity contribution is -0.0640. The van der Waals surface area contributed by atoms with E-state index in [1.807, 2.05) is 10.8 Å². The SMILES string of the molecule is Cc1cc(-c2cc(Cl)ccc2OCCn2c(C)nc3c(c2=O)CC(N2CCC(F)(F)CC2)CC3)c2scc(C(=O)NS(C)(=O)=O)c2n1. The van der Waals surface area contributed by atoms with Gasteiger partial charge in [-0.3, -0.25) is 24.0 Å². The molecule has 47 heavy (non-hydrogen) atoms. The molecule has 0 spiro atoms. The molecule has 0 radical (unpaired) electrons. The number of benzene rings is 1. The van der Waals surface area contributed by atoms with Gasteiger partial charge >= 0.3 is 0 Å². The van der Waals surface area contributed by atoms with E-state index in [0.29, 0.717) is 75.1 Å². The highest BCUT2D eigenvalue weighted by Gasteiger charge is 2.37. The van der Waals surface area contributed by atoms with E-state index in [4.69, 9.17) is 21.3 Å². The largest absolute Gasteiger partial charge is 0.491 e. The Balaban J connectivity index is 1.24. The molecule has 4 aromatic rings. The van der Waals surface area contributed by atoms with Crippen LogP contribution in [0.4, 0.5) is 8.78 Å². The third-order valence-electron chi connectivity index (χ3n) is 8.72. The first-order valence-electron chi connectivity index (χ1n) is 15.2. The third-order valence-corrected chi connectivity index (χ3v) is 10.5. The van der Waals surface area contributed by atoms with Crippen LogP contribution in [0.2, 0.25) is 5.02 Å². The quantitative estimate of drug-likeness (QED) is 0.267. The molecule has 2 aliphatic rings. The van der Waals surface area contributed by atoms with Crippen LogP contribution in [0.3, 0.4) is 0 Å². The fourth-order valence-electron chi connectivity index (χ4n) is 6.41. The summed E-state index contributed by atoms with van der Waals surface area (Å²) in [6.07, 6.45) is 2.49. The Morgan fingerprint density at radius 1 is 1.17 bits per heavy atom. The molecule has 10 nitrogen and oxygen atoms in total. The van der Waals surface area contributed by atoms with Crippen LogP contribution in [-0.2, 0) is 29.4 Å². The molecular formula is C32H34ClF2N5O5S2. The number of amides is 1. The minimum atomic E-state index is -3.78. The van der Waals surface area contributed by atoms with Crippen LogP contribution in [0.15, 0.2) is 34.4 Å². The summed E-state index contributed by atoms with van der Waals surface area (Å²) >= 11 is 7.66. The van der Waals surface area contributed by atoms with Crippen molar-refractivity contribution in [2.75, 3.05) is 26.0 Å². The molecule has 1 aromatic carbocycles. The van der Waals surface area contributed by atoms with Crippen molar-refractivity contribution in [3.8, 4) is 16.9 Å². The monoisotopic (exact) mass is 705 g/mol. The van der Waals surface area contributed by atoms with Crippen LogP contribution in [0.5, 0.6) is 5.75 Å². The van der Waals surface area contributed by atoms with E-state index in [-0.39, 0.29) is 43.2 Å². The smallest absolute Gasteiger partial charge is 0.267 e. The van der Waals surface area contributed by atoms with Gasteiger partial charge in [0.15, 0.2) is 0 Å². The first-order chi connectivity index (χ1) is 22.2. The number of aromatic nitrogens is 3. The summed E-state index contributed by atoms with van der Waals surface area (Å²) in [5.41, 5.74) is 3.73. The molecule has 3 aromatic heterocycles. The number of thiophene rings is 1. The molecule has 15 heteroatoms. The lowest BCUT2D eigenvalue weighted by atomic mass is 9.90. The molecule has 0 bridgehead atoms. The highest BCUT2D eigenvalue weighted by atomic mass is 35.5. The molecule has 1 atom stereocenters. The second-order valence-electron chi connectivity index (χ2n) is 12.2. The van der Waals surface area contributed by atoms with Gasteiger partial charge in [-0.25, -0.2) is 26.9 Å². The summed E-state index contributed by atoms with van der Waals surface area (Å²) in [5.74, 6) is -2.32. The first kappa shape index (κ1) is 33.4. The molecule has 1 amide bonds. The maximum atomic E-state index is 13.7. The van der Waals surface area contributed by atoms with Gasteiger partial charge in [-0.2, -0.15) is 0 Å². The van der Waals surface area contributed by atoms with Gasteiger partial charge in [0, 0.05) is 64.8 Å². The number of carbonyl (C=O) groups excluding carboxylic acids is 1. The molecule has 1 fully saturated rings. The summed E-state index contributed by atoms with van der Waals surface area (Å²) in [6, 6.07) is 7.05. The van der Waals surface area contributed by atoms with Crippen molar-refractivity contribution >= 4 is 49.1 Å². The van der Waals surface area contributed by atoms with Gasteiger partial charge in [0.05, 0.1) is 34.3 Å². The Bertz CT molecular complexity index is 2040. The van der Waals surface area contributed by atoms with Gasteiger partial charge in [0.25, 0.3) is 17.4 Å². The summed E-state index contributed by atoms with van der Waals surface area (Å²) in [5, 5.41) is 2.02. The lowest BCUT2D eigenvalue weighted by Crippen LogP contribution is -2.48. The number of pyridine rings is 1. The summed E-state index contributed by atoms with van der Waals surface area (Å²) < 4.78 is 61.4. The predicted octanol–water partition coefficient (Wildman–Crippen LogP) is 5.15. The van der Waals surface area contributed by atoms with Crippen molar-refractivity contribution in [2.24, 2.45) is 0 Å². The number of piperidine rings is 1. The number of ether oxygens (including phenoxy) is 1. The van der Waals surface area contributed by atoms with Crippen molar-refractivity contribution in [1.82, 2.24) is 24.2 Å². The van der Waals surface area contributed by atoms with E-state index in [1.165, 1.54) is 11.3 Å². The number of carbonyl (C=O) groups is 1. The summed E-state index contributed by atoms with van der Waals surface area (Å²) in [7, 11) is -3.78. The zero-order chi connectivity index (χ0) is 33.7. The summed E-state index contributed by atoms with van der Waals surface area (Å²) in [6.45, 7) is 4.57. The second kappa shape index (κ2) is 12.9. The van der Waals surface area contributed by atoms with Crippen molar-refractivity contribution < 1.29 is 26.7 Å². The zero-order valence-corrected chi connectivity index (χ0v) is 28.5. The van der Waals surface area contributed by atoms with Crippen LogP contribution in [0.1, 0.15) is 52.4 Å². The fourth-order valence-corrected chi connectivity index (χ4v) is 8.04. The average Bonchev–Trinajstić information content (AvgIpc) is 3.42. The number of aryl methyl sites for hydroxylation is 3. The normalized spacial score (nSPS) is 18.2. The van der Waals surface area contributed by atoms with Crippen molar-refractivity contribution in [3.05, 3.63) is 73.4 Å². The highest BCUT2D eigenvalue weighted by Crippen LogP contribution is 2.40. The van der Waals surface area contributed by atoms with E-state index in [1.54, 1.807) is 42.0 Å². The van der Waals surface area contributed by atoms with E-state index in [9.17, 15) is 26.8 Å². The van der Waals surface area contributed by atoms with Crippen LogP contribution in [0, 0.1) is 13.8 Å². The second-order valence-corrected chi connectivity index (χ2v) is 15.2. The number of fused-ring (bicyclic) bond motifs is 2. The average molecular weight is 706 g/mol. The maximum absolute atomic E-state index is 13.7. The van der Waals surface area contributed by atoms with Gasteiger partial charge in [-0.05, 0) is 57.4 Å². The fraction of sp³-hybridized carbons (Fsp3) is 0.438. The maximum Gasteiger partial charge on any atom is 0.267 e. The van der Waals surface area contributed by atoms with Crippen LogP contribution in [-0.4, -0.2) is 71.7 Å². The number of nitrogens with one attached hydrogen (secondary N) is 1. The predicted molar refractivity (Wildman–Crippen MR) is 177 cm³/mol. The third kappa shape index (κ3) is 7.20. The van der Waals surface area contributed by atoms with E-state index in [2.05, 4.69) is 9.88 Å². The van der Waals surface area contributed by atoms with Crippen LogP contribution in [0.25, 0.3) is 21.3 Å². The van der Waals surface area contributed by atoms with Gasteiger partial charge in [-0.1, -0.05) is 11.6 Å². The van der Waals surface area contributed by atoms with Crippen molar-refractivity contribution in [3.63, 3.8) is 0 Å². The zero-order valence-electron chi connectivity index (χ0n) is 26.1. The Labute approximate surface area is 279 Å². The number of alkyl halides is 2. The Kier molecular flexibility index (Phi) is 9.15. The van der Waals surface area contributed by atoms with Gasteiger partial charge in [-0.15, -0.1) is 11.3 Å². The minimum Gasteiger partial charge on any atom is -0.491 e. The number of hydrogen-bond donors (Lipinski definition) is 1. The first-order valence-corrected chi connectivity index (χ1v) is 18.4. The minimum absolute atomic E-state index is 0.0352. The Morgan fingerprint density at radius 2 is 1.91 bits per heavy atom. The molecule has 1 aliphatic heterocycles. The Morgan fingerprint density at radius 3 is 2.64 bits per heavy atom. The summed E-state index contributed by atoms with van der Waals surface area (Å²) in [4.78, 5) is 37.8. The molecular weight excluding hydrogens is 672 g/mol. The lowest BCUT2D eigenvalue weighted by Gasteiger charge is -2.39. The van der Waals surface area contributed by atoms with E-state index in [0.717, 1.165) is 18.4 Å². The number of nitrogens with zero attached hydrogens (tertiary/aromatic N) is 4. The molecule has 1 aliphatic carbocycles. The molecule has 1 N–H and O–H groups in total. The van der Waals surface area contributed by atoms with Crippen LogP contribution < -0.4 is 15.0 Å². The molecule has 6 rings (SSSR count). The molecule has 0 saturated carbocycles. The van der Waals surface area contributed by atoms with E-state index >= 15 is 0 Å². The Hall–Kier alpha value is -3.46. The standard InChI is InChI=1S/C32H34ClF2N5O5S2/c1-18-14-23(29-28(36-18)25(17-46-29)30(41)38-47(3,43)44)22-15-20(33)4-7-27(22)45-13-12-40-19(2)37-26-6-5-21(16-24(26)31(40)42)39-10-8-32(34,35)9-11-39/h4,7,14-15,17,21H,5-6,8-13,16H2,1-3H3,(H,38,41). The van der Waals surface area contributed by atoms with E-state index < -0.39 is 21.9 Å².